The Morgan fingerprint density at radius 2 is 1.00 bits per heavy atom. The van der Waals surface area contributed by atoms with Crippen LogP contribution in [0.25, 0.3) is 0 Å². The van der Waals surface area contributed by atoms with Crippen molar-refractivity contribution < 1.29 is 143 Å². The second-order valence-electron chi connectivity index (χ2n) is 1.06. The Morgan fingerprint density at radius 1 is 0.846 bits per heavy atom. The summed E-state index contributed by atoms with van der Waals surface area (Å²) in [4.78, 5) is 31.0. The quantitative estimate of drug-likeness (QED) is 0.295. The van der Waals surface area contributed by atoms with Crippen LogP contribution < -0.4 is 88.7 Å². The van der Waals surface area contributed by atoms with Crippen molar-refractivity contribution in [3.63, 3.8) is 0 Å². The summed E-state index contributed by atoms with van der Waals surface area (Å²) < 4.78 is 22.2. The third kappa shape index (κ3) is 31.3. The summed E-state index contributed by atoms with van der Waals surface area (Å²) in [6.07, 6.45) is 0. The largest absolute Gasteiger partial charge is 1.00 e. The average molecular weight is 305 g/mol. The SMILES string of the molecule is O=P(O)(O)OP(=O)(O)O.[H-].[H-].[H-].[Mn].[Na+].[Na+].[Na+]. The molecule has 0 aromatic carbocycles. The molecule has 0 aliphatic carbocycles. The fourth-order valence-electron chi connectivity index (χ4n) is 0.139. The number of hydrogen-bond acceptors (Lipinski definition) is 3. The van der Waals surface area contributed by atoms with Gasteiger partial charge in [0, 0.05) is 17.1 Å². The molecule has 1 radical (unpaired) electrons. The molecule has 0 aromatic heterocycles. The summed E-state index contributed by atoms with van der Waals surface area (Å²) in [5.41, 5.74) is 0. The summed E-state index contributed by atoms with van der Waals surface area (Å²) in [6, 6.07) is 0. The van der Waals surface area contributed by atoms with Gasteiger partial charge in [-0.3, -0.25) is 0 Å². The van der Waals surface area contributed by atoms with Crippen molar-refractivity contribution in [3.05, 3.63) is 0 Å². The third-order valence-corrected chi connectivity index (χ3v) is 1.91. The summed E-state index contributed by atoms with van der Waals surface area (Å²) in [5, 5.41) is 0. The first kappa shape index (κ1) is 30.1. The van der Waals surface area contributed by atoms with Crippen molar-refractivity contribution >= 4 is 15.6 Å². The van der Waals surface area contributed by atoms with Gasteiger partial charge in [-0.1, -0.05) is 0 Å². The fraction of sp³-hybridized carbons (Fsp3) is 0. The Morgan fingerprint density at radius 3 is 1.00 bits per heavy atom. The van der Waals surface area contributed by atoms with E-state index in [0.29, 0.717) is 0 Å². The minimum atomic E-state index is -5.05. The Kier molecular flexibility index (Phi) is 28.4. The average Bonchev–Trinajstić information content (AvgIpc) is 1.14. The van der Waals surface area contributed by atoms with Crippen LogP contribution in [-0.2, 0) is 30.5 Å². The van der Waals surface area contributed by atoms with Gasteiger partial charge in [-0.05, 0) is 0 Å². The second-order valence-corrected chi connectivity index (χ2v) is 3.68. The maximum Gasteiger partial charge on any atom is 1.00 e. The molecule has 0 aromatic rings. The molecule has 7 nitrogen and oxygen atoms in total. The van der Waals surface area contributed by atoms with Crippen LogP contribution in [0.3, 0.4) is 0 Å². The molecule has 13 heteroatoms. The first-order valence-electron chi connectivity index (χ1n) is 1.53. The second kappa shape index (κ2) is 12.2. The normalized spacial score (nSPS) is 9.54. The van der Waals surface area contributed by atoms with Crippen LogP contribution in [0.1, 0.15) is 4.28 Å². The molecule has 0 rings (SSSR count). The molecular weight excluding hydrogens is 298 g/mol. The van der Waals surface area contributed by atoms with Gasteiger partial charge in [-0.15, -0.1) is 0 Å². The summed E-state index contributed by atoms with van der Waals surface area (Å²) in [5.74, 6) is 0. The Hall–Kier alpha value is 3.78. The van der Waals surface area contributed by atoms with E-state index in [9.17, 15) is 9.13 Å². The molecule has 0 atom stereocenters. The smallest absolute Gasteiger partial charge is 1.00 e. The van der Waals surface area contributed by atoms with Crippen molar-refractivity contribution in [3.8, 4) is 0 Å². The summed E-state index contributed by atoms with van der Waals surface area (Å²) in [7, 11) is -10.1. The molecule has 0 unspecified atom stereocenters. The van der Waals surface area contributed by atoms with Gasteiger partial charge in [0.25, 0.3) is 0 Å². The monoisotopic (exact) mass is 305 g/mol. The van der Waals surface area contributed by atoms with Gasteiger partial charge in [-0.25, -0.2) is 9.13 Å². The van der Waals surface area contributed by atoms with Crippen molar-refractivity contribution in [1.29, 1.82) is 0 Å². The maximum atomic E-state index is 9.63. The van der Waals surface area contributed by atoms with E-state index in [4.69, 9.17) is 19.6 Å². The number of hydrogen-bond donors (Lipinski definition) is 4. The van der Waals surface area contributed by atoms with E-state index in [0.717, 1.165) is 0 Å². The van der Waals surface area contributed by atoms with Crippen LogP contribution in [0.15, 0.2) is 0 Å². The molecule has 0 amide bonds. The van der Waals surface area contributed by atoms with Crippen molar-refractivity contribution in [2.75, 3.05) is 0 Å². The van der Waals surface area contributed by atoms with E-state index in [-0.39, 0.29) is 110 Å². The van der Waals surface area contributed by atoms with E-state index in [1.165, 1.54) is 0 Å². The molecule has 0 bridgehead atoms. The van der Waals surface area contributed by atoms with Gasteiger partial charge >= 0.3 is 104 Å². The molecule has 0 saturated heterocycles. The molecule has 0 heterocycles. The predicted octanol–water partition coefficient (Wildman–Crippen LogP) is -9.46. The van der Waals surface area contributed by atoms with E-state index in [1.54, 1.807) is 0 Å². The number of phosphoric acid groups is 2. The van der Waals surface area contributed by atoms with Crippen LogP contribution in [0.4, 0.5) is 0 Å². The zero-order valence-electron chi connectivity index (χ0n) is 10.3. The zero-order valence-corrected chi connectivity index (χ0v) is 16.3. The van der Waals surface area contributed by atoms with Gasteiger partial charge in [-0.2, -0.15) is 4.31 Å². The Labute approximate surface area is 156 Å². The topological polar surface area (TPSA) is 124 Å². The minimum absolute atomic E-state index is 0. The van der Waals surface area contributed by atoms with E-state index >= 15 is 0 Å². The first-order valence-corrected chi connectivity index (χ1v) is 4.59. The molecule has 4 N–H and O–H groups in total. The van der Waals surface area contributed by atoms with Crippen molar-refractivity contribution in [2.45, 2.75) is 0 Å². The minimum Gasteiger partial charge on any atom is -1.00 e. The van der Waals surface area contributed by atoms with E-state index in [2.05, 4.69) is 4.31 Å². The van der Waals surface area contributed by atoms with E-state index < -0.39 is 15.6 Å². The van der Waals surface area contributed by atoms with Gasteiger partial charge in [0.2, 0.25) is 0 Å². The molecule has 0 spiro atoms. The number of rotatable bonds is 2. The van der Waals surface area contributed by atoms with Crippen LogP contribution in [0, 0.1) is 0 Å². The van der Waals surface area contributed by atoms with Gasteiger partial charge in [0.15, 0.2) is 0 Å². The standard InChI is InChI=1S/Mn.3Na.H4O7P2.3H/c;;;;1-8(2,3)7-9(4,5)6;;;/h;;;;(H2,1,2,3)(H2,4,5,6);;;/q;3*+1;;3*-1. The molecule has 0 aliphatic rings. The molecular formula is H7MnNa3O7P2. The fourth-order valence-corrected chi connectivity index (χ4v) is 1.25. The Bertz CT molecular complexity index is 173. The van der Waals surface area contributed by atoms with Gasteiger partial charge < -0.3 is 23.9 Å². The molecule has 0 aliphatic heterocycles. The van der Waals surface area contributed by atoms with E-state index in [1.807, 2.05) is 0 Å². The molecule has 0 fully saturated rings. The molecule has 13 heavy (non-hydrogen) atoms. The maximum absolute atomic E-state index is 9.63. The van der Waals surface area contributed by atoms with Crippen LogP contribution in [0.2, 0.25) is 0 Å². The first-order chi connectivity index (χ1) is 3.71. The van der Waals surface area contributed by atoms with Crippen LogP contribution >= 0.6 is 15.6 Å². The van der Waals surface area contributed by atoms with Crippen LogP contribution in [-0.4, -0.2) is 19.6 Å². The summed E-state index contributed by atoms with van der Waals surface area (Å²) >= 11 is 0. The van der Waals surface area contributed by atoms with Gasteiger partial charge in [0.1, 0.15) is 0 Å². The zero-order chi connectivity index (χ0) is 7.71. The van der Waals surface area contributed by atoms with Crippen molar-refractivity contribution in [2.24, 2.45) is 0 Å². The van der Waals surface area contributed by atoms with Crippen LogP contribution in [0.5, 0.6) is 0 Å². The van der Waals surface area contributed by atoms with Crippen molar-refractivity contribution in [1.82, 2.24) is 0 Å². The third-order valence-electron chi connectivity index (χ3n) is 0.213. The summed E-state index contributed by atoms with van der Waals surface area (Å²) in [6.45, 7) is 0. The predicted molar refractivity (Wildman–Crippen MR) is 28.5 cm³/mol. The molecule has 0 saturated carbocycles. The molecule has 69 valence electrons. The van der Waals surface area contributed by atoms with Gasteiger partial charge in [0.05, 0.1) is 0 Å². The Balaban J connectivity index is -0.0000000152.